The number of aromatic nitrogens is 4. The lowest BCUT2D eigenvalue weighted by Gasteiger charge is -2.36. The molecular weight excluding hydrogens is 691 g/mol. The number of hydrogen-bond acceptors (Lipinski definition) is 8. The van der Waals surface area contributed by atoms with Crippen LogP contribution < -0.4 is 31.9 Å². The second-order valence-electron chi connectivity index (χ2n) is 13.5. The summed E-state index contributed by atoms with van der Waals surface area (Å²) in [4.78, 5) is 49.7. The molecule has 3 aliphatic rings. The maximum atomic E-state index is 13.2. The number of nitrogens with zero attached hydrogens (tertiary/aromatic N) is 5. The van der Waals surface area contributed by atoms with E-state index in [1.807, 2.05) is 30.3 Å². The number of methoxy groups -OCH3 is 1. The summed E-state index contributed by atoms with van der Waals surface area (Å²) >= 11 is 14.2. The lowest BCUT2D eigenvalue weighted by Crippen LogP contribution is -2.59. The number of likely N-dealkylation sites (tertiary alicyclic amines) is 1. The summed E-state index contributed by atoms with van der Waals surface area (Å²) in [7, 11) is 4.70. The van der Waals surface area contributed by atoms with Crippen LogP contribution in [0.25, 0.3) is 33.3 Å². The molecule has 3 aromatic heterocycles. The highest BCUT2D eigenvalue weighted by Crippen LogP contribution is 2.47. The summed E-state index contributed by atoms with van der Waals surface area (Å²) in [5.74, 6) is 0.858. The molecule has 0 bridgehead atoms. The molecule has 2 saturated heterocycles. The Labute approximate surface area is 303 Å². The van der Waals surface area contributed by atoms with Gasteiger partial charge in [-0.05, 0) is 49.4 Å². The lowest BCUT2D eigenvalue weighted by molar-refractivity contribution is 0.187. The standard InChI is InChI=1S/C37H36Cl2N8O4/c1-45-26-12-15-40-32(29(26)34(48)46(2)36(45)50)42-24-9-5-7-22(31(24)39)21-6-4-8-23(30(21)38)25-18-20-10-11-27(28(20)33(43-25)51-3)47-17-14-37(19-47)13-16-41-35(49)44-37/h4-9,12,15,18,27H,10-11,13-14,16-17,19H2,1-3H3,(H,40,42)(H2,41,44,49). The van der Waals surface area contributed by atoms with Crippen molar-refractivity contribution in [2.24, 2.45) is 14.1 Å². The SMILES string of the molecule is COc1nc(-c2cccc(-c3cccc(Nc4nccc5c4c(=O)n(C)c(=O)n5C)c3Cl)c2Cl)cc2c1C(N1CCC3(CCNC(=O)N3)C1)CC2. The van der Waals surface area contributed by atoms with E-state index in [0.717, 1.165) is 54.5 Å². The quantitative estimate of drug-likeness (QED) is 0.207. The second kappa shape index (κ2) is 12.7. The van der Waals surface area contributed by atoms with Crippen molar-refractivity contribution >= 4 is 51.6 Å². The van der Waals surface area contributed by atoms with Gasteiger partial charge in [-0.15, -0.1) is 0 Å². The molecule has 0 saturated carbocycles. The molecule has 2 unspecified atom stereocenters. The minimum Gasteiger partial charge on any atom is -0.481 e. The molecule has 51 heavy (non-hydrogen) atoms. The van der Waals surface area contributed by atoms with Crippen molar-refractivity contribution in [3.05, 3.63) is 96.7 Å². The largest absolute Gasteiger partial charge is 0.481 e. The van der Waals surface area contributed by atoms with Gasteiger partial charge in [0.05, 0.1) is 39.6 Å². The zero-order valence-corrected chi connectivity index (χ0v) is 29.9. The Balaban J connectivity index is 1.12. The van der Waals surface area contributed by atoms with E-state index in [9.17, 15) is 14.4 Å². The number of hydrogen-bond donors (Lipinski definition) is 3. The molecule has 2 aliphatic heterocycles. The van der Waals surface area contributed by atoms with Crippen LogP contribution in [0.5, 0.6) is 5.88 Å². The minimum absolute atomic E-state index is 0.0924. The Morgan fingerprint density at radius 3 is 2.53 bits per heavy atom. The smallest absolute Gasteiger partial charge is 0.330 e. The van der Waals surface area contributed by atoms with Gasteiger partial charge in [0.1, 0.15) is 11.2 Å². The fourth-order valence-corrected chi connectivity index (χ4v) is 8.60. The van der Waals surface area contributed by atoms with Gasteiger partial charge in [0.2, 0.25) is 5.88 Å². The first-order chi connectivity index (χ1) is 24.6. The Kier molecular flexibility index (Phi) is 8.28. The van der Waals surface area contributed by atoms with Crippen LogP contribution in [-0.4, -0.2) is 62.3 Å². The van der Waals surface area contributed by atoms with Crippen LogP contribution in [-0.2, 0) is 20.5 Å². The minimum atomic E-state index is -0.463. The predicted molar refractivity (Wildman–Crippen MR) is 198 cm³/mol. The average Bonchev–Trinajstić information content (AvgIpc) is 3.74. The van der Waals surface area contributed by atoms with Gasteiger partial charge in [0.15, 0.2) is 0 Å². The molecule has 12 nitrogen and oxygen atoms in total. The first kappa shape index (κ1) is 33.2. The van der Waals surface area contributed by atoms with E-state index in [2.05, 4.69) is 31.9 Å². The highest BCUT2D eigenvalue weighted by atomic mass is 35.5. The zero-order chi connectivity index (χ0) is 35.6. The second-order valence-corrected chi connectivity index (χ2v) is 14.3. The van der Waals surface area contributed by atoms with Gasteiger partial charge in [-0.3, -0.25) is 18.8 Å². The van der Waals surface area contributed by atoms with Crippen molar-refractivity contribution in [2.45, 2.75) is 37.3 Å². The van der Waals surface area contributed by atoms with Crippen LogP contribution in [0.3, 0.4) is 0 Å². The Morgan fingerprint density at radius 2 is 1.75 bits per heavy atom. The van der Waals surface area contributed by atoms with E-state index in [4.69, 9.17) is 32.9 Å². The fourth-order valence-electron chi connectivity index (χ4n) is 8.00. The molecule has 14 heteroatoms. The van der Waals surface area contributed by atoms with Gasteiger partial charge in [0.25, 0.3) is 5.56 Å². The van der Waals surface area contributed by atoms with Crippen molar-refractivity contribution in [3.63, 3.8) is 0 Å². The number of pyridine rings is 2. The van der Waals surface area contributed by atoms with E-state index in [1.54, 1.807) is 26.3 Å². The number of nitrogens with one attached hydrogen (secondary N) is 3. The van der Waals surface area contributed by atoms with Crippen molar-refractivity contribution in [1.82, 2.24) is 34.6 Å². The van der Waals surface area contributed by atoms with E-state index in [0.29, 0.717) is 50.5 Å². The van der Waals surface area contributed by atoms with Gasteiger partial charge >= 0.3 is 11.7 Å². The summed E-state index contributed by atoms with van der Waals surface area (Å²) in [6.07, 6.45) is 5.18. The third kappa shape index (κ3) is 5.53. The summed E-state index contributed by atoms with van der Waals surface area (Å²) in [5, 5.41) is 10.4. The third-order valence-corrected chi connectivity index (χ3v) is 11.4. The zero-order valence-electron chi connectivity index (χ0n) is 28.3. The number of amides is 2. The molecule has 8 rings (SSSR count). The van der Waals surface area contributed by atoms with Gasteiger partial charge in [-0.2, -0.15) is 0 Å². The fraction of sp³-hybridized carbons (Fsp3) is 0.324. The molecule has 2 aromatic carbocycles. The molecule has 2 atom stereocenters. The van der Waals surface area contributed by atoms with Crippen molar-refractivity contribution < 1.29 is 9.53 Å². The van der Waals surface area contributed by atoms with Crippen LogP contribution in [0, 0.1) is 0 Å². The van der Waals surface area contributed by atoms with Crippen molar-refractivity contribution in [2.75, 3.05) is 32.1 Å². The summed E-state index contributed by atoms with van der Waals surface area (Å²) in [6.45, 7) is 2.38. The first-order valence-corrected chi connectivity index (χ1v) is 17.6. The van der Waals surface area contributed by atoms with Crippen LogP contribution >= 0.6 is 23.2 Å². The number of halogens is 2. The van der Waals surface area contributed by atoms with E-state index in [-0.39, 0.29) is 28.8 Å². The van der Waals surface area contributed by atoms with Gasteiger partial charge < -0.3 is 20.7 Å². The molecule has 2 amide bonds. The first-order valence-electron chi connectivity index (χ1n) is 16.9. The van der Waals surface area contributed by atoms with E-state index >= 15 is 0 Å². The molecule has 262 valence electrons. The molecular formula is C37H36Cl2N8O4. The van der Waals surface area contributed by atoms with E-state index in [1.165, 1.54) is 23.4 Å². The number of aryl methyl sites for hydroxylation is 2. The monoisotopic (exact) mass is 726 g/mol. The van der Waals surface area contributed by atoms with Crippen LogP contribution in [0.2, 0.25) is 10.0 Å². The summed E-state index contributed by atoms with van der Waals surface area (Å²) in [5.41, 5.74) is 4.98. The molecule has 1 aliphatic carbocycles. The van der Waals surface area contributed by atoms with Crippen molar-refractivity contribution in [1.29, 1.82) is 0 Å². The molecule has 5 aromatic rings. The number of fused-ring (bicyclic) bond motifs is 2. The summed E-state index contributed by atoms with van der Waals surface area (Å²) in [6, 6.07) is 15.1. The number of urea groups is 1. The topological polar surface area (TPSA) is 135 Å². The number of ether oxygens (including phenoxy) is 1. The average molecular weight is 728 g/mol. The highest BCUT2D eigenvalue weighted by molar-refractivity contribution is 6.39. The molecule has 2 fully saturated rings. The van der Waals surface area contributed by atoms with Crippen LogP contribution in [0.15, 0.2) is 64.3 Å². The van der Waals surface area contributed by atoms with E-state index < -0.39 is 11.2 Å². The van der Waals surface area contributed by atoms with Crippen LogP contribution in [0.1, 0.15) is 36.4 Å². The molecule has 0 radical (unpaired) electrons. The summed E-state index contributed by atoms with van der Waals surface area (Å²) < 4.78 is 8.39. The number of rotatable bonds is 6. The number of anilines is 2. The molecule has 1 spiro atoms. The highest BCUT2D eigenvalue weighted by Gasteiger charge is 2.45. The van der Waals surface area contributed by atoms with Crippen molar-refractivity contribution in [3.8, 4) is 28.3 Å². The maximum absolute atomic E-state index is 13.2. The number of benzene rings is 2. The predicted octanol–water partition coefficient (Wildman–Crippen LogP) is 5.55. The normalized spacial score (nSPS) is 20.0. The number of carbonyl (C=O) groups is 1. The number of carbonyl (C=O) groups excluding carboxylic acids is 1. The maximum Gasteiger partial charge on any atom is 0.330 e. The van der Waals surface area contributed by atoms with Crippen LogP contribution in [0.4, 0.5) is 16.3 Å². The third-order valence-electron chi connectivity index (χ3n) is 10.6. The Bertz CT molecular complexity index is 2380. The Hall–Kier alpha value is -4.91. The van der Waals surface area contributed by atoms with Gasteiger partial charge in [-0.1, -0.05) is 53.5 Å². The Morgan fingerprint density at radius 1 is 0.980 bits per heavy atom. The van der Waals surface area contributed by atoms with Gasteiger partial charge in [0, 0.05) is 68.2 Å². The molecule has 3 N–H and O–H groups in total. The molecule has 5 heterocycles. The lowest BCUT2D eigenvalue weighted by atomic mass is 9.93. The van der Waals surface area contributed by atoms with Gasteiger partial charge in [-0.25, -0.2) is 19.6 Å².